The molecule has 0 amide bonds. The summed E-state index contributed by atoms with van der Waals surface area (Å²) in [4.78, 5) is 0. The van der Waals surface area contributed by atoms with Crippen LogP contribution in [-0.4, -0.2) is 0 Å². The largest absolute Gasteiger partial charge is 0.321 e. The lowest BCUT2D eigenvalue weighted by atomic mass is 9.69. The molecular formula is C18H29N. The second-order valence-corrected chi connectivity index (χ2v) is 7.84. The van der Waals surface area contributed by atoms with Gasteiger partial charge in [-0.3, -0.25) is 0 Å². The summed E-state index contributed by atoms with van der Waals surface area (Å²) in [5.41, 5.74) is 9.52. The highest BCUT2D eigenvalue weighted by atomic mass is 14.8. The molecule has 0 aliphatic heterocycles. The van der Waals surface area contributed by atoms with Gasteiger partial charge in [-0.05, 0) is 47.6 Å². The highest BCUT2D eigenvalue weighted by Crippen LogP contribution is 2.41. The molecule has 1 aromatic carbocycles. The van der Waals surface area contributed by atoms with Crippen LogP contribution in [0.2, 0.25) is 0 Å². The highest BCUT2D eigenvalue weighted by Gasteiger charge is 2.35. The normalized spacial score (nSPS) is 32.3. The van der Waals surface area contributed by atoms with Crippen LogP contribution in [0.4, 0.5) is 0 Å². The van der Waals surface area contributed by atoms with Crippen LogP contribution in [0.25, 0.3) is 0 Å². The molecule has 0 spiro atoms. The van der Waals surface area contributed by atoms with Crippen molar-refractivity contribution in [1.82, 2.24) is 0 Å². The molecule has 106 valence electrons. The summed E-state index contributed by atoms with van der Waals surface area (Å²) in [6.07, 6.45) is 3.55. The number of benzene rings is 1. The van der Waals surface area contributed by atoms with E-state index in [4.69, 9.17) is 5.73 Å². The summed E-state index contributed by atoms with van der Waals surface area (Å²) in [5.74, 6) is 1.46. The lowest BCUT2D eigenvalue weighted by molar-refractivity contribution is 0.183. The van der Waals surface area contributed by atoms with E-state index in [1.54, 1.807) is 0 Å². The summed E-state index contributed by atoms with van der Waals surface area (Å²) in [5, 5.41) is 0. The molecule has 0 heterocycles. The second kappa shape index (κ2) is 4.94. The van der Waals surface area contributed by atoms with Gasteiger partial charge in [0.15, 0.2) is 0 Å². The minimum Gasteiger partial charge on any atom is -0.321 e. The van der Waals surface area contributed by atoms with E-state index >= 15 is 0 Å². The van der Waals surface area contributed by atoms with Crippen molar-refractivity contribution in [1.29, 1.82) is 0 Å². The molecule has 0 bridgehead atoms. The molecule has 1 aromatic rings. The van der Waals surface area contributed by atoms with Crippen LogP contribution >= 0.6 is 0 Å². The fraction of sp³-hybridized carbons (Fsp3) is 0.667. The first-order chi connectivity index (χ1) is 8.71. The van der Waals surface area contributed by atoms with E-state index in [1.165, 1.54) is 17.5 Å². The van der Waals surface area contributed by atoms with Crippen LogP contribution in [0.5, 0.6) is 0 Å². The van der Waals surface area contributed by atoms with Gasteiger partial charge in [-0.15, -0.1) is 0 Å². The maximum absolute atomic E-state index is 6.72. The van der Waals surface area contributed by atoms with Crippen molar-refractivity contribution >= 4 is 0 Å². The van der Waals surface area contributed by atoms with Gasteiger partial charge in [0.2, 0.25) is 0 Å². The summed E-state index contributed by atoms with van der Waals surface area (Å²) < 4.78 is 0. The molecule has 1 heteroatoms. The van der Waals surface area contributed by atoms with Crippen LogP contribution in [0.1, 0.15) is 65.0 Å². The third kappa shape index (κ3) is 3.20. The Labute approximate surface area is 118 Å². The van der Waals surface area contributed by atoms with Gasteiger partial charge < -0.3 is 5.73 Å². The quantitative estimate of drug-likeness (QED) is 0.784. The lowest BCUT2D eigenvalue weighted by Crippen LogP contribution is -2.43. The van der Waals surface area contributed by atoms with Crippen molar-refractivity contribution in [3.8, 4) is 0 Å². The maximum atomic E-state index is 6.72. The van der Waals surface area contributed by atoms with Crippen molar-refractivity contribution < 1.29 is 0 Å². The highest BCUT2D eigenvalue weighted by molar-refractivity contribution is 5.32. The van der Waals surface area contributed by atoms with E-state index in [9.17, 15) is 0 Å². The van der Waals surface area contributed by atoms with Crippen molar-refractivity contribution in [3.05, 3.63) is 35.4 Å². The Bertz CT molecular complexity index is 414. The maximum Gasteiger partial charge on any atom is 0.0414 e. The van der Waals surface area contributed by atoms with E-state index in [1.807, 2.05) is 0 Å². The van der Waals surface area contributed by atoms with Gasteiger partial charge in [-0.1, -0.05) is 58.9 Å². The zero-order valence-corrected chi connectivity index (χ0v) is 13.2. The molecule has 2 unspecified atom stereocenters. The number of hydrogen-bond donors (Lipinski definition) is 1. The molecule has 2 rings (SSSR count). The number of rotatable bonds is 1. The van der Waals surface area contributed by atoms with E-state index in [2.05, 4.69) is 58.9 Å². The van der Waals surface area contributed by atoms with E-state index in [0.717, 1.165) is 24.7 Å². The fourth-order valence-corrected chi connectivity index (χ4v) is 3.72. The first kappa shape index (κ1) is 14.6. The molecule has 1 aliphatic rings. The monoisotopic (exact) mass is 259 g/mol. The standard InChI is InChI=1S/C18H29N/c1-13-10-14(2)12-18(19,11-13)16-8-6-15(7-9-16)17(3,4)5/h6-9,13-14H,10-12,19H2,1-5H3. The predicted octanol–water partition coefficient (Wildman–Crippen LogP) is 4.59. The van der Waals surface area contributed by atoms with E-state index < -0.39 is 0 Å². The third-order valence-corrected chi connectivity index (χ3v) is 4.56. The predicted molar refractivity (Wildman–Crippen MR) is 83.2 cm³/mol. The van der Waals surface area contributed by atoms with Crippen LogP contribution in [0.3, 0.4) is 0 Å². The summed E-state index contributed by atoms with van der Waals surface area (Å²) in [7, 11) is 0. The molecule has 19 heavy (non-hydrogen) atoms. The minimum atomic E-state index is -0.118. The molecule has 0 radical (unpaired) electrons. The molecule has 2 N–H and O–H groups in total. The second-order valence-electron chi connectivity index (χ2n) is 7.84. The van der Waals surface area contributed by atoms with Gasteiger partial charge in [0.05, 0.1) is 0 Å². The van der Waals surface area contributed by atoms with E-state index in [-0.39, 0.29) is 11.0 Å². The molecule has 1 nitrogen and oxygen atoms in total. The molecule has 0 saturated heterocycles. The Balaban J connectivity index is 2.26. The van der Waals surface area contributed by atoms with Crippen molar-refractivity contribution in [2.75, 3.05) is 0 Å². The molecule has 1 aliphatic carbocycles. The van der Waals surface area contributed by atoms with Crippen LogP contribution in [0.15, 0.2) is 24.3 Å². The fourth-order valence-electron chi connectivity index (χ4n) is 3.72. The Hall–Kier alpha value is -0.820. The lowest BCUT2D eigenvalue weighted by Gasteiger charge is -2.40. The Morgan fingerprint density at radius 1 is 1.00 bits per heavy atom. The van der Waals surface area contributed by atoms with Gasteiger partial charge in [0.25, 0.3) is 0 Å². The average Bonchev–Trinajstić information content (AvgIpc) is 2.26. The third-order valence-electron chi connectivity index (χ3n) is 4.56. The molecule has 2 atom stereocenters. The van der Waals surface area contributed by atoms with Gasteiger partial charge in [0, 0.05) is 5.54 Å². The average molecular weight is 259 g/mol. The topological polar surface area (TPSA) is 26.0 Å². The molecule has 1 saturated carbocycles. The zero-order chi connectivity index (χ0) is 14.3. The van der Waals surface area contributed by atoms with Crippen molar-refractivity contribution in [3.63, 3.8) is 0 Å². The van der Waals surface area contributed by atoms with Gasteiger partial charge in [0.1, 0.15) is 0 Å². The Kier molecular flexibility index (Phi) is 3.79. The Morgan fingerprint density at radius 3 is 1.89 bits per heavy atom. The summed E-state index contributed by atoms with van der Waals surface area (Å²) in [6.45, 7) is 11.4. The number of nitrogens with two attached hydrogens (primary N) is 1. The van der Waals surface area contributed by atoms with Crippen LogP contribution < -0.4 is 5.73 Å². The Morgan fingerprint density at radius 2 is 1.47 bits per heavy atom. The zero-order valence-electron chi connectivity index (χ0n) is 13.2. The molecule has 1 fully saturated rings. The van der Waals surface area contributed by atoms with Gasteiger partial charge in [-0.2, -0.15) is 0 Å². The minimum absolute atomic E-state index is 0.118. The van der Waals surface area contributed by atoms with E-state index in [0.29, 0.717) is 0 Å². The molecular weight excluding hydrogens is 230 g/mol. The SMILES string of the molecule is CC1CC(C)CC(N)(c2ccc(C(C)(C)C)cc2)C1. The van der Waals surface area contributed by atoms with Crippen LogP contribution in [-0.2, 0) is 11.0 Å². The van der Waals surface area contributed by atoms with Crippen molar-refractivity contribution in [2.45, 2.75) is 64.8 Å². The van der Waals surface area contributed by atoms with Crippen LogP contribution in [0, 0.1) is 11.8 Å². The van der Waals surface area contributed by atoms with Gasteiger partial charge in [-0.25, -0.2) is 0 Å². The first-order valence-corrected chi connectivity index (χ1v) is 7.60. The number of hydrogen-bond acceptors (Lipinski definition) is 1. The van der Waals surface area contributed by atoms with Crippen molar-refractivity contribution in [2.24, 2.45) is 17.6 Å². The summed E-state index contributed by atoms with van der Waals surface area (Å²) >= 11 is 0. The van der Waals surface area contributed by atoms with Gasteiger partial charge >= 0.3 is 0 Å². The molecule has 0 aromatic heterocycles. The smallest absolute Gasteiger partial charge is 0.0414 e. The first-order valence-electron chi connectivity index (χ1n) is 7.60. The summed E-state index contributed by atoms with van der Waals surface area (Å²) in [6, 6.07) is 9.03.